The molecule has 3 nitrogen and oxygen atoms in total. The zero-order valence-corrected chi connectivity index (χ0v) is 15.1. The predicted molar refractivity (Wildman–Crippen MR) is 95.1 cm³/mol. The minimum atomic E-state index is 0.624. The first kappa shape index (κ1) is 16.8. The van der Waals surface area contributed by atoms with Crippen LogP contribution in [0.3, 0.4) is 0 Å². The monoisotopic (exact) mass is 353 g/mol. The van der Waals surface area contributed by atoms with Gasteiger partial charge in [0.05, 0.1) is 0 Å². The third-order valence-electron chi connectivity index (χ3n) is 4.30. The van der Waals surface area contributed by atoms with Crippen LogP contribution in [0, 0.1) is 0 Å². The number of nitrogens with one attached hydrogen (secondary N) is 1. The van der Waals surface area contributed by atoms with Gasteiger partial charge in [-0.3, -0.25) is 4.90 Å². The Balaban J connectivity index is 2.12. The van der Waals surface area contributed by atoms with Crippen LogP contribution in [-0.2, 0) is 6.54 Å². The van der Waals surface area contributed by atoms with Gasteiger partial charge < -0.3 is 10.2 Å². The van der Waals surface area contributed by atoms with E-state index >= 15 is 0 Å². The van der Waals surface area contributed by atoms with Gasteiger partial charge >= 0.3 is 0 Å². The number of likely N-dealkylation sites (N-methyl/N-ethyl adjacent to an activating group) is 1. The van der Waals surface area contributed by atoms with Crippen molar-refractivity contribution in [2.45, 2.75) is 39.8 Å². The highest BCUT2D eigenvalue weighted by molar-refractivity contribution is 9.10. The van der Waals surface area contributed by atoms with Gasteiger partial charge in [0.1, 0.15) is 0 Å². The number of hydrogen-bond donors (Lipinski definition) is 1. The topological polar surface area (TPSA) is 18.5 Å². The second-order valence-electron chi connectivity index (χ2n) is 5.87. The summed E-state index contributed by atoms with van der Waals surface area (Å²) in [5, 5.41) is 3.53. The van der Waals surface area contributed by atoms with Gasteiger partial charge in [-0.25, -0.2) is 0 Å². The third kappa shape index (κ3) is 4.44. The van der Waals surface area contributed by atoms with E-state index < -0.39 is 0 Å². The molecule has 1 atom stereocenters. The van der Waals surface area contributed by atoms with Crippen LogP contribution in [-0.4, -0.2) is 43.7 Å². The lowest BCUT2D eigenvalue weighted by atomic mass is 10.1. The number of nitrogens with zero attached hydrogens (tertiary/aromatic N) is 2. The van der Waals surface area contributed by atoms with E-state index in [0.717, 1.165) is 39.3 Å². The van der Waals surface area contributed by atoms with Crippen molar-refractivity contribution in [1.29, 1.82) is 0 Å². The Kier molecular flexibility index (Phi) is 6.52. The maximum atomic E-state index is 3.63. The molecule has 0 bridgehead atoms. The zero-order chi connectivity index (χ0) is 15.2. The summed E-state index contributed by atoms with van der Waals surface area (Å²) in [5.41, 5.74) is 2.79. The molecular weight excluding hydrogens is 326 g/mol. The van der Waals surface area contributed by atoms with Crippen LogP contribution in [0.2, 0.25) is 0 Å². The van der Waals surface area contributed by atoms with Crippen LogP contribution in [0.15, 0.2) is 22.7 Å². The number of hydrogen-bond acceptors (Lipinski definition) is 3. The standard InChI is InChI=1S/C17H28BrN3/c1-4-8-19-12-15-6-7-16(18)11-17(15)21-10-9-20(5-2)14(3)13-21/h6-7,11,14,19H,4-5,8-10,12-13H2,1-3H3. The van der Waals surface area contributed by atoms with Crippen molar-refractivity contribution in [1.82, 2.24) is 10.2 Å². The first-order valence-corrected chi connectivity index (χ1v) is 8.93. The fourth-order valence-electron chi connectivity index (χ4n) is 3.06. The molecule has 1 aliphatic rings. The molecule has 1 aliphatic heterocycles. The van der Waals surface area contributed by atoms with Gasteiger partial charge in [0.15, 0.2) is 0 Å². The number of piperazine rings is 1. The van der Waals surface area contributed by atoms with Crippen LogP contribution in [0.1, 0.15) is 32.8 Å². The van der Waals surface area contributed by atoms with E-state index in [9.17, 15) is 0 Å². The van der Waals surface area contributed by atoms with E-state index in [2.05, 4.69) is 70.0 Å². The molecule has 1 N–H and O–H groups in total. The second-order valence-corrected chi connectivity index (χ2v) is 6.79. The summed E-state index contributed by atoms with van der Waals surface area (Å²) in [6.07, 6.45) is 1.18. The highest BCUT2D eigenvalue weighted by atomic mass is 79.9. The van der Waals surface area contributed by atoms with Crippen LogP contribution in [0.5, 0.6) is 0 Å². The van der Waals surface area contributed by atoms with Gasteiger partial charge in [-0.05, 0) is 44.1 Å². The highest BCUT2D eigenvalue weighted by Crippen LogP contribution is 2.27. The molecule has 0 aromatic heterocycles. The van der Waals surface area contributed by atoms with Gasteiger partial charge in [-0.15, -0.1) is 0 Å². The molecule has 0 amide bonds. The SMILES string of the molecule is CCCNCc1ccc(Br)cc1N1CCN(CC)C(C)C1. The lowest BCUT2D eigenvalue weighted by molar-refractivity contribution is 0.199. The van der Waals surface area contributed by atoms with E-state index in [1.807, 2.05) is 0 Å². The van der Waals surface area contributed by atoms with Crippen LogP contribution < -0.4 is 10.2 Å². The maximum Gasteiger partial charge on any atom is 0.0424 e. The molecule has 1 heterocycles. The molecule has 0 saturated carbocycles. The Bertz CT molecular complexity index is 450. The van der Waals surface area contributed by atoms with Gasteiger partial charge in [0, 0.05) is 42.4 Å². The van der Waals surface area contributed by atoms with E-state index in [-0.39, 0.29) is 0 Å². The first-order chi connectivity index (χ1) is 10.2. The average molecular weight is 354 g/mol. The number of benzene rings is 1. The molecule has 1 fully saturated rings. The Hall–Kier alpha value is -0.580. The summed E-state index contributed by atoms with van der Waals surface area (Å²) in [6.45, 7) is 13.4. The molecule has 21 heavy (non-hydrogen) atoms. The number of halogens is 1. The Morgan fingerprint density at radius 2 is 2.10 bits per heavy atom. The molecule has 118 valence electrons. The largest absolute Gasteiger partial charge is 0.368 e. The fourth-order valence-corrected chi connectivity index (χ4v) is 3.41. The molecule has 1 unspecified atom stereocenters. The van der Waals surface area contributed by atoms with Crippen molar-refractivity contribution >= 4 is 21.6 Å². The van der Waals surface area contributed by atoms with E-state index in [1.54, 1.807) is 0 Å². The lowest BCUT2D eigenvalue weighted by Crippen LogP contribution is -2.52. The van der Waals surface area contributed by atoms with Gasteiger partial charge in [0.2, 0.25) is 0 Å². The summed E-state index contributed by atoms with van der Waals surface area (Å²) in [6, 6.07) is 7.30. The van der Waals surface area contributed by atoms with E-state index in [0.29, 0.717) is 6.04 Å². The van der Waals surface area contributed by atoms with Crippen molar-refractivity contribution in [3.63, 3.8) is 0 Å². The van der Waals surface area contributed by atoms with Crippen molar-refractivity contribution in [3.8, 4) is 0 Å². The zero-order valence-electron chi connectivity index (χ0n) is 13.5. The van der Waals surface area contributed by atoms with E-state index in [4.69, 9.17) is 0 Å². The molecule has 2 rings (SSSR count). The summed E-state index contributed by atoms with van der Waals surface area (Å²) in [5.74, 6) is 0. The van der Waals surface area contributed by atoms with Crippen molar-refractivity contribution < 1.29 is 0 Å². The molecular formula is C17H28BrN3. The lowest BCUT2D eigenvalue weighted by Gasteiger charge is -2.41. The molecule has 4 heteroatoms. The van der Waals surface area contributed by atoms with Crippen molar-refractivity contribution in [2.75, 3.05) is 37.6 Å². The van der Waals surface area contributed by atoms with Gasteiger partial charge in [0.25, 0.3) is 0 Å². The Morgan fingerprint density at radius 3 is 2.76 bits per heavy atom. The third-order valence-corrected chi connectivity index (χ3v) is 4.79. The van der Waals surface area contributed by atoms with Crippen LogP contribution >= 0.6 is 15.9 Å². The molecule has 1 aromatic carbocycles. The molecule has 0 radical (unpaired) electrons. The summed E-state index contributed by atoms with van der Waals surface area (Å²) in [4.78, 5) is 5.11. The molecule has 1 saturated heterocycles. The Morgan fingerprint density at radius 1 is 1.29 bits per heavy atom. The number of anilines is 1. The minimum Gasteiger partial charge on any atom is -0.368 e. The summed E-state index contributed by atoms with van der Waals surface area (Å²) in [7, 11) is 0. The van der Waals surface area contributed by atoms with Crippen LogP contribution in [0.4, 0.5) is 5.69 Å². The van der Waals surface area contributed by atoms with Crippen LogP contribution in [0.25, 0.3) is 0 Å². The average Bonchev–Trinajstić information content (AvgIpc) is 2.49. The van der Waals surface area contributed by atoms with Crippen molar-refractivity contribution in [3.05, 3.63) is 28.2 Å². The van der Waals surface area contributed by atoms with Gasteiger partial charge in [-0.1, -0.05) is 35.8 Å². The Labute approximate surface area is 137 Å². The summed E-state index contributed by atoms with van der Waals surface area (Å²) >= 11 is 3.63. The van der Waals surface area contributed by atoms with E-state index in [1.165, 1.54) is 22.1 Å². The first-order valence-electron chi connectivity index (χ1n) is 8.13. The smallest absolute Gasteiger partial charge is 0.0424 e. The summed E-state index contributed by atoms with van der Waals surface area (Å²) < 4.78 is 1.17. The maximum absolute atomic E-state index is 3.63. The van der Waals surface area contributed by atoms with Crippen molar-refractivity contribution in [2.24, 2.45) is 0 Å². The fraction of sp³-hybridized carbons (Fsp3) is 0.647. The quantitative estimate of drug-likeness (QED) is 0.789. The molecule has 0 aliphatic carbocycles. The minimum absolute atomic E-state index is 0.624. The molecule has 1 aromatic rings. The molecule has 0 spiro atoms. The van der Waals surface area contributed by atoms with Gasteiger partial charge in [-0.2, -0.15) is 0 Å². The number of rotatable bonds is 6. The highest BCUT2D eigenvalue weighted by Gasteiger charge is 2.23. The predicted octanol–water partition coefficient (Wildman–Crippen LogP) is 3.48. The normalized spacial score (nSPS) is 20.0. The second kappa shape index (κ2) is 8.16.